The van der Waals surface area contributed by atoms with Gasteiger partial charge in [-0.05, 0) is 43.4 Å². The van der Waals surface area contributed by atoms with Gasteiger partial charge in [0.1, 0.15) is 5.78 Å². The molecule has 0 saturated carbocycles. The van der Waals surface area contributed by atoms with Crippen molar-refractivity contribution in [2.45, 2.75) is 32.6 Å². The summed E-state index contributed by atoms with van der Waals surface area (Å²) in [4.78, 5) is 10.8. The van der Waals surface area contributed by atoms with Crippen LogP contribution in [0.3, 0.4) is 0 Å². The fourth-order valence-electron chi connectivity index (χ4n) is 2.06. The lowest BCUT2D eigenvalue weighted by atomic mass is 10.0. The third-order valence-corrected chi connectivity index (χ3v) is 2.87. The van der Waals surface area contributed by atoms with Gasteiger partial charge in [-0.15, -0.1) is 0 Å². The zero-order chi connectivity index (χ0) is 10.7. The Kier molecular flexibility index (Phi) is 3.05. The van der Waals surface area contributed by atoms with E-state index in [1.165, 1.54) is 16.8 Å². The molecule has 0 atom stereocenters. The first-order chi connectivity index (χ1) is 7.25. The standard InChI is InChI=1S/C13H17NO/c1-10(15)3-2-4-11-5-6-13-12(9-11)7-8-14-13/h5-6,9,14H,2-4,7-8H2,1H3. The van der Waals surface area contributed by atoms with E-state index in [-0.39, 0.29) is 5.78 Å². The maximum Gasteiger partial charge on any atom is 0.129 e. The number of hydrogen-bond donors (Lipinski definition) is 1. The molecule has 0 aromatic heterocycles. The summed E-state index contributed by atoms with van der Waals surface area (Å²) in [6.07, 6.45) is 3.83. The summed E-state index contributed by atoms with van der Waals surface area (Å²) >= 11 is 0. The number of ketones is 1. The lowest BCUT2D eigenvalue weighted by molar-refractivity contribution is -0.117. The Bertz CT molecular complexity index is 371. The van der Waals surface area contributed by atoms with Crippen molar-refractivity contribution in [2.24, 2.45) is 0 Å². The third kappa shape index (κ3) is 2.58. The molecule has 0 fully saturated rings. The molecule has 0 bridgehead atoms. The highest BCUT2D eigenvalue weighted by Crippen LogP contribution is 2.23. The summed E-state index contributed by atoms with van der Waals surface area (Å²) in [7, 11) is 0. The van der Waals surface area contributed by atoms with Crippen LogP contribution in [-0.4, -0.2) is 12.3 Å². The number of aryl methyl sites for hydroxylation is 1. The molecule has 1 N–H and O–H groups in total. The normalized spacial score (nSPS) is 13.4. The molecule has 2 rings (SSSR count). The molecule has 1 aromatic carbocycles. The van der Waals surface area contributed by atoms with Gasteiger partial charge in [-0.2, -0.15) is 0 Å². The number of anilines is 1. The van der Waals surface area contributed by atoms with Gasteiger partial charge >= 0.3 is 0 Å². The molecule has 0 spiro atoms. The van der Waals surface area contributed by atoms with Gasteiger partial charge in [0.05, 0.1) is 0 Å². The molecule has 1 aliphatic heterocycles. The molecule has 1 aliphatic rings. The van der Waals surface area contributed by atoms with E-state index in [1.54, 1.807) is 6.92 Å². The number of benzene rings is 1. The molecule has 15 heavy (non-hydrogen) atoms. The van der Waals surface area contributed by atoms with Crippen LogP contribution in [0.4, 0.5) is 5.69 Å². The van der Waals surface area contributed by atoms with Crippen LogP contribution in [0.25, 0.3) is 0 Å². The molecule has 80 valence electrons. The monoisotopic (exact) mass is 203 g/mol. The summed E-state index contributed by atoms with van der Waals surface area (Å²) in [6.45, 7) is 2.72. The van der Waals surface area contributed by atoms with Crippen LogP contribution in [0.5, 0.6) is 0 Å². The van der Waals surface area contributed by atoms with Crippen LogP contribution in [0.1, 0.15) is 30.9 Å². The number of nitrogens with one attached hydrogen (secondary N) is 1. The lowest BCUT2D eigenvalue weighted by Crippen LogP contribution is -1.93. The predicted octanol–water partition coefficient (Wildman–Crippen LogP) is 2.57. The number of Topliss-reactive ketones (excluding diaryl/α,β-unsaturated/α-hetero) is 1. The number of fused-ring (bicyclic) bond motifs is 1. The highest BCUT2D eigenvalue weighted by Gasteiger charge is 2.09. The minimum Gasteiger partial charge on any atom is -0.384 e. The summed E-state index contributed by atoms with van der Waals surface area (Å²) in [5, 5.41) is 3.35. The van der Waals surface area contributed by atoms with E-state index in [2.05, 4.69) is 23.5 Å². The van der Waals surface area contributed by atoms with E-state index in [9.17, 15) is 4.79 Å². The molecule has 2 nitrogen and oxygen atoms in total. The Labute approximate surface area is 90.7 Å². The van der Waals surface area contributed by atoms with Gasteiger partial charge in [-0.1, -0.05) is 12.1 Å². The van der Waals surface area contributed by atoms with Crippen molar-refractivity contribution in [3.8, 4) is 0 Å². The molecular weight excluding hydrogens is 186 g/mol. The summed E-state index contributed by atoms with van der Waals surface area (Å²) in [5.74, 6) is 0.290. The minimum atomic E-state index is 0.290. The fourth-order valence-corrected chi connectivity index (χ4v) is 2.06. The minimum absolute atomic E-state index is 0.290. The van der Waals surface area contributed by atoms with Crippen molar-refractivity contribution in [3.05, 3.63) is 29.3 Å². The zero-order valence-electron chi connectivity index (χ0n) is 9.18. The average molecular weight is 203 g/mol. The van der Waals surface area contributed by atoms with E-state index in [4.69, 9.17) is 0 Å². The highest BCUT2D eigenvalue weighted by atomic mass is 16.1. The largest absolute Gasteiger partial charge is 0.384 e. The van der Waals surface area contributed by atoms with Crippen molar-refractivity contribution < 1.29 is 4.79 Å². The molecule has 2 heteroatoms. The maximum atomic E-state index is 10.8. The van der Waals surface area contributed by atoms with E-state index in [1.807, 2.05) is 0 Å². The predicted molar refractivity (Wildman–Crippen MR) is 62.3 cm³/mol. The molecule has 0 saturated heterocycles. The van der Waals surface area contributed by atoms with Gasteiger partial charge in [0, 0.05) is 18.7 Å². The summed E-state index contributed by atoms with van der Waals surface area (Å²) in [5.41, 5.74) is 4.07. The zero-order valence-corrected chi connectivity index (χ0v) is 9.18. The van der Waals surface area contributed by atoms with Crippen LogP contribution < -0.4 is 5.32 Å². The maximum absolute atomic E-state index is 10.8. The Morgan fingerprint density at radius 2 is 2.33 bits per heavy atom. The van der Waals surface area contributed by atoms with Crippen LogP contribution >= 0.6 is 0 Å². The van der Waals surface area contributed by atoms with Crippen molar-refractivity contribution in [1.82, 2.24) is 0 Å². The number of carbonyl (C=O) groups excluding carboxylic acids is 1. The molecule has 0 aliphatic carbocycles. The van der Waals surface area contributed by atoms with E-state index >= 15 is 0 Å². The summed E-state index contributed by atoms with van der Waals surface area (Å²) in [6, 6.07) is 6.60. The Balaban J connectivity index is 1.95. The average Bonchev–Trinajstić information content (AvgIpc) is 2.64. The van der Waals surface area contributed by atoms with Crippen LogP contribution in [0, 0.1) is 0 Å². The Morgan fingerprint density at radius 1 is 1.47 bits per heavy atom. The van der Waals surface area contributed by atoms with Crippen molar-refractivity contribution >= 4 is 11.5 Å². The first-order valence-corrected chi connectivity index (χ1v) is 5.61. The van der Waals surface area contributed by atoms with Gasteiger partial charge in [0.2, 0.25) is 0 Å². The van der Waals surface area contributed by atoms with E-state index < -0.39 is 0 Å². The van der Waals surface area contributed by atoms with Crippen LogP contribution in [0.15, 0.2) is 18.2 Å². The topological polar surface area (TPSA) is 29.1 Å². The van der Waals surface area contributed by atoms with Crippen LogP contribution in [-0.2, 0) is 17.6 Å². The molecular formula is C13H17NO. The number of rotatable bonds is 4. The Hall–Kier alpha value is -1.31. The SMILES string of the molecule is CC(=O)CCCc1ccc2c(c1)CCN2. The quantitative estimate of drug-likeness (QED) is 0.814. The highest BCUT2D eigenvalue weighted by molar-refractivity contribution is 5.75. The molecule has 0 amide bonds. The molecule has 0 radical (unpaired) electrons. The van der Waals surface area contributed by atoms with Gasteiger partial charge in [0.25, 0.3) is 0 Å². The van der Waals surface area contributed by atoms with Crippen molar-refractivity contribution in [1.29, 1.82) is 0 Å². The van der Waals surface area contributed by atoms with Gasteiger partial charge in [-0.25, -0.2) is 0 Å². The smallest absolute Gasteiger partial charge is 0.129 e. The van der Waals surface area contributed by atoms with Gasteiger partial charge in [0.15, 0.2) is 0 Å². The summed E-state index contributed by atoms with van der Waals surface area (Å²) < 4.78 is 0. The second kappa shape index (κ2) is 4.47. The van der Waals surface area contributed by atoms with Crippen molar-refractivity contribution in [3.63, 3.8) is 0 Å². The fraction of sp³-hybridized carbons (Fsp3) is 0.462. The van der Waals surface area contributed by atoms with Crippen LogP contribution in [0.2, 0.25) is 0 Å². The molecule has 1 heterocycles. The third-order valence-electron chi connectivity index (χ3n) is 2.87. The van der Waals surface area contributed by atoms with Gasteiger partial charge < -0.3 is 10.1 Å². The van der Waals surface area contributed by atoms with E-state index in [0.29, 0.717) is 6.42 Å². The molecule has 0 unspecified atom stereocenters. The second-order valence-corrected chi connectivity index (χ2v) is 4.22. The van der Waals surface area contributed by atoms with Gasteiger partial charge in [-0.3, -0.25) is 0 Å². The second-order valence-electron chi connectivity index (χ2n) is 4.22. The number of hydrogen-bond acceptors (Lipinski definition) is 2. The molecule has 1 aromatic rings. The first-order valence-electron chi connectivity index (χ1n) is 5.61. The van der Waals surface area contributed by atoms with E-state index in [0.717, 1.165) is 25.8 Å². The van der Waals surface area contributed by atoms with Crippen molar-refractivity contribution in [2.75, 3.05) is 11.9 Å². The first kappa shape index (κ1) is 10.2. The number of carbonyl (C=O) groups is 1. The Morgan fingerprint density at radius 3 is 3.13 bits per heavy atom. The lowest BCUT2D eigenvalue weighted by Gasteiger charge is -2.04.